The molecule has 1 atom stereocenters. The van der Waals surface area contributed by atoms with Gasteiger partial charge in [-0.3, -0.25) is 19.7 Å². The van der Waals surface area contributed by atoms with E-state index >= 15 is 0 Å². The van der Waals surface area contributed by atoms with Crippen LogP contribution in [0.2, 0.25) is 5.02 Å². The maximum absolute atomic E-state index is 13.4. The first-order valence-electron chi connectivity index (χ1n) is 14.8. The first-order chi connectivity index (χ1) is 21.3. The van der Waals surface area contributed by atoms with Gasteiger partial charge in [-0.05, 0) is 85.3 Å². The maximum atomic E-state index is 13.4. The van der Waals surface area contributed by atoms with Crippen LogP contribution in [-0.2, 0) is 38.6 Å². The van der Waals surface area contributed by atoms with E-state index in [0.717, 1.165) is 48.3 Å². The van der Waals surface area contributed by atoms with Gasteiger partial charge in [0.1, 0.15) is 0 Å². The van der Waals surface area contributed by atoms with Gasteiger partial charge in [0.25, 0.3) is 5.91 Å². The second-order valence-corrected chi connectivity index (χ2v) is 10.9. The number of benzene rings is 3. The van der Waals surface area contributed by atoms with E-state index in [9.17, 15) is 19.2 Å². The second kappa shape index (κ2) is 16.0. The number of aryl methyl sites for hydroxylation is 1. The lowest BCUT2D eigenvalue weighted by Crippen LogP contribution is -2.44. The molecule has 1 aliphatic heterocycles. The van der Waals surface area contributed by atoms with Crippen LogP contribution in [0.4, 0.5) is 5.69 Å². The van der Waals surface area contributed by atoms with Crippen molar-refractivity contribution in [3.63, 3.8) is 0 Å². The molecule has 232 valence electrons. The molecule has 2 N–H and O–H groups in total. The molecule has 1 unspecified atom stereocenters. The highest BCUT2D eigenvalue weighted by Gasteiger charge is 2.29. The summed E-state index contributed by atoms with van der Waals surface area (Å²) in [7, 11) is 1.35. The molecule has 0 aliphatic carbocycles. The molecule has 0 aromatic heterocycles. The minimum absolute atomic E-state index is 0.0537. The number of carbonyl (C=O) groups is 4. The van der Waals surface area contributed by atoms with E-state index in [1.54, 1.807) is 31.2 Å². The summed E-state index contributed by atoms with van der Waals surface area (Å²) in [4.78, 5) is 52.8. The van der Waals surface area contributed by atoms with Crippen LogP contribution in [0.1, 0.15) is 63.6 Å². The van der Waals surface area contributed by atoms with Crippen LogP contribution in [0.15, 0.2) is 66.7 Å². The molecule has 4 rings (SSSR count). The van der Waals surface area contributed by atoms with E-state index in [0.29, 0.717) is 29.1 Å². The first kappa shape index (κ1) is 32.7. The molecular formula is C34H38ClN3O6. The molecule has 3 aromatic rings. The molecule has 1 heterocycles. The first-order valence-corrected chi connectivity index (χ1v) is 15.2. The number of methoxy groups -OCH3 is 1. The van der Waals surface area contributed by atoms with E-state index < -0.39 is 17.8 Å². The molecule has 10 heteroatoms. The number of carbonyl (C=O) groups excluding carboxylic acids is 4. The number of nitrogens with zero attached hydrogens (tertiary/aromatic N) is 1. The number of anilines is 1. The van der Waals surface area contributed by atoms with Crippen LogP contribution in [0, 0.1) is 0 Å². The average molecular weight is 620 g/mol. The zero-order valence-electron chi connectivity index (χ0n) is 25.1. The number of amides is 1. The van der Waals surface area contributed by atoms with Gasteiger partial charge in [0.05, 0.1) is 13.7 Å². The number of likely N-dealkylation sites (tertiary alicyclic amines) is 1. The number of ketones is 1. The normalized spacial score (nSPS) is 13.3. The summed E-state index contributed by atoms with van der Waals surface area (Å²) >= 11 is 5.99. The van der Waals surface area contributed by atoms with Crippen LogP contribution in [0.3, 0.4) is 0 Å². The van der Waals surface area contributed by atoms with Crippen LogP contribution >= 0.6 is 11.6 Å². The predicted octanol–water partition coefficient (Wildman–Crippen LogP) is 5.20. The molecule has 0 radical (unpaired) electrons. The predicted molar refractivity (Wildman–Crippen MR) is 169 cm³/mol. The van der Waals surface area contributed by atoms with Gasteiger partial charge in [0.2, 0.25) is 0 Å². The highest BCUT2D eigenvalue weighted by Crippen LogP contribution is 2.24. The Morgan fingerprint density at radius 3 is 2.25 bits per heavy atom. The van der Waals surface area contributed by atoms with Crippen molar-refractivity contribution in [1.29, 1.82) is 0 Å². The van der Waals surface area contributed by atoms with Gasteiger partial charge in [-0.2, -0.15) is 0 Å². The third-order valence-corrected chi connectivity index (χ3v) is 7.82. The number of halogens is 1. The van der Waals surface area contributed by atoms with Crippen molar-refractivity contribution in [2.75, 3.05) is 32.1 Å². The molecule has 0 bridgehead atoms. The van der Waals surface area contributed by atoms with Gasteiger partial charge in [0, 0.05) is 54.4 Å². The molecule has 1 amide bonds. The Morgan fingerprint density at radius 2 is 1.59 bits per heavy atom. The van der Waals surface area contributed by atoms with Gasteiger partial charge in [0.15, 0.2) is 11.8 Å². The Balaban J connectivity index is 1.54. The Morgan fingerprint density at radius 1 is 0.909 bits per heavy atom. The van der Waals surface area contributed by atoms with Crippen molar-refractivity contribution in [2.45, 2.75) is 51.7 Å². The minimum Gasteiger partial charge on any atom is -0.469 e. The Kier molecular flexibility index (Phi) is 11.9. The summed E-state index contributed by atoms with van der Waals surface area (Å²) in [5, 5.41) is 7.04. The number of Topliss-reactive ketones (excluding diaryl/α,β-unsaturated/α-hetero) is 1. The lowest BCUT2D eigenvalue weighted by Gasteiger charge is -2.21. The van der Waals surface area contributed by atoms with Crippen molar-refractivity contribution in [2.24, 2.45) is 0 Å². The van der Waals surface area contributed by atoms with Gasteiger partial charge < -0.3 is 19.7 Å². The maximum Gasteiger partial charge on any atom is 0.331 e. The summed E-state index contributed by atoms with van der Waals surface area (Å²) in [5.74, 6) is -1.41. The van der Waals surface area contributed by atoms with Crippen LogP contribution in [0.5, 0.6) is 0 Å². The third kappa shape index (κ3) is 8.67. The summed E-state index contributed by atoms with van der Waals surface area (Å²) < 4.78 is 10.1. The zero-order chi connectivity index (χ0) is 31.5. The van der Waals surface area contributed by atoms with E-state index in [-0.39, 0.29) is 31.4 Å². The molecule has 0 spiro atoms. The number of nitrogens with one attached hydrogen (secondary N) is 2. The molecule has 44 heavy (non-hydrogen) atoms. The molecule has 1 fully saturated rings. The summed E-state index contributed by atoms with van der Waals surface area (Å²) in [6, 6.07) is 18.3. The lowest BCUT2D eigenvalue weighted by atomic mass is 9.99. The van der Waals surface area contributed by atoms with E-state index in [1.807, 2.05) is 47.4 Å². The molecule has 1 saturated heterocycles. The quantitative estimate of drug-likeness (QED) is 0.144. The minimum atomic E-state index is -1.25. The topological polar surface area (TPSA) is 114 Å². The number of hydrogen-bond acceptors (Lipinski definition) is 8. The molecule has 9 nitrogen and oxygen atoms in total. The van der Waals surface area contributed by atoms with Gasteiger partial charge in [-0.1, -0.05) is 35.9 Å². The highest BCUT2D eigenvalue weighted by atomic mass is 35.5. The van der Waals surface area contributed by atoms with Crippen molar-refractivity contribution in [3.05, 3.63) is 99.6 Å². The Bertz CT molecular complexity index is 1450. The van der Waals surface area contributed by atoms with E-state index in [2.05, 4.69) is 10.6 Å². The van der Waals surface area contributed by atoms with E-state index in [4.69, 9.17) is 21.1 Å². The zero-order valence-corrected chi connectivity index (χ0v) is 25.8. The van der Waals surface area contributed by atoms with Gasteiger partial charge in [-0.25, -0.2) is 4.79 Å². The van der Waals surface area contributed by atoms with Crippen LogP contribution in [0.25, 0.3) is 0 Å². The summed E-state index contributed by atoms with van der Waals surface area (Å²) in [6.07, 6.45) is 2.66. The Hall–Kier alpha value is -4.21. The number of rotatable bonds is 14. The number of hydrogen-bond donors (Lipinski definition) is 2. The monoisotopic (exact) mass is 619 g/mol. The third-order valence-electron chi connectivity index (χ3n) is 7.57. The van der Waals surface area contributed by atoms with Crippen molar-refractivity contribution in [3.8, 4) is 0 Å². The van der Waals surface area contributed by atoms with Crippen LogP contribution in [-0.4, -0.2) is 61.4 Å². The van der Waals surface area contributed by atoms with Crippen molar-refractivity contribution >= 4 is 40.9 Å². The second-order valence-electron chi connectivity index (χ2n) is 10.5. The highest BCUT2D eigenvalue weighted by molar-refractivity contribution is 6.30. The van der Waals surface area contributed by atoms with Crippen molar-refractivity contribution in [1.82, 2.24) is 10.2 Å². The Labute approximate surface area is 262 Å². The number of esters is 2. The summed E-state index contributed by atoms with van der Waals surface area (Å²) in [6.45, 7) is 4.01. The van der Waals surface area contributed by atoms with Gasteiger partial charge >= 0.3 is 11.9 Å². The van der Waals surface area contributed by atoms with Crippen molar-refractivity contribution < 1.29 is 28.7 Å². The number of ether oxygens (including phenoxy) is 2. The smallest absolute Gasteiger partial charge is 0.331 e. The lowest BCUT2D eigenvalue weighted by molar-refractivity contribution is -0.144. The SMILES string of the molecule is CCOC(=O)C(NCc1c(CCC(=O)OC)cccc1NCc1ccc(C(=O)N2CCCC2)cc1)C(=O)c1ccc(Cl)cc1. The largest absolute Gasteiger partial charge is 0.469 e. The van der Waals surface area contributed by atoms with Crippen LogP contribution < -0.4 is 10.6 Å². The fourth-order valence-corrected chi connectivity index (χ4v) is 5.27. The standard InChI is InChI=1S/C34H38ClN3O6/c1-3-44-34(42)31(32(40)25-13-16-27(35)17-14-25)37-22-28-24(15-18-30(39)43-2)7-6-8-29(28)36-21-23-9-11-26(12-10-23)33(41)38-19-4-5-20-38/h6-14,16-17,31,36-37H,3-5,15,18-22H2,1-2H3. The molecule has 1 aliphatic rings. The molecule has 3 aromatic carbocycles. The fourth-order valence-electron chi connectivity index (χ4n) is 5.14. The average Bonchev–Trinajstić information content (AvgIpc) is 3.59. The fraction of sp³-hybridized carbons (Fsp3) is 0.353. The molecular weight excluding hydrogens is 582 g/mol. The van der Waals surface area contributed by atoms with Gasteiger partial charge in [-0.15, -0.1) is 0 Å². The molecule has 0 saturated carbocycles. The van der Waals surface area contributed by atoms with E-state index in [1.165, 1.54) is 7.11 Å². The summed E-state index contributed by atoms with van der Waals surface area (Å²) in [5.41, 5.74) is 4.41.